The van der Waals surface area contributed by atoms with Crippen LogP contribution in [-0.2, 0) is 0 Å². The van der Waals surface area contributed by atoms with Gasteiger partial charge in [-0.3, -0.25) is 5.10 Å². The van der Waals surface area contributed by atoms with Crippen LogP contribution < -0.4 is 10.2 Å². The van der Waals surface area contributed by atoms with E-state index in [-0.39, 0.29) is 0 Å². The quantitative estimate of drug-likeness (QED) is 0.764. The molecule has 0 aromatic carbocycles. The molecule has 4 heterocycles. The fourth-order valence-corrected chi connectivity index (χ4v) is 3.25. The summed E-state index contributed by atoms with van der Waals surface area (Å²) in [6.45, 7) is 4.45. The van der Waals surface area contributed by atoms with Gasteiger partial charge in [0.05, 0.1) is 10.9 Å². The average Bonchev–Trinajstić information content (AvgIpc) is 2.91. The summed E-state index contributed by atoms with van der Waals surface area (Å²) in [6.07, 6.45) is 3.07. The Balaban J connectivity index is 1.64. The molecule has 18 heavy (non-hydrogen) atoms. The summed E-state index contributed by atoms with van der Waals surface area (Å²) in [5.74, 6) is 1.01. The summed E-state index contributed by atoms with van der Waals surface area (Å²) in [5.41, 5.74) is 1.43. The zero-order chi connectivity index (χ0) is 12.2. The van der Waals surface area contributed by atoms with Crippen LogP contribution in [0.5, 0.6) is 0 Å². The molecular weight excluding hydrogens is 250 g/mol. The van der Waals surface area contributed by atoms with E-state index in [2.05, 4.69) is 25.4 Å². The van der Waals surface area contributed by atoms with Gasteiger partial charge < -0.3 is 10.2 Å². The van der Waals surface area contributed by atoms with Crippen molar-refractivity contribution in [1.29, 1.82) is 0 Å². The number of halogens is 1. The molecule has 5 nitrogen and oxygen atoms in total. The molecule has 0 atom stereocenters. The molecule has 2 N–H and O–H groups in total. The van der Waals surface area contributed by atoms with Gasteiger partial charge >= 0.3 is 0 Å². The Hall–Kier alpha value is -1.33. The van der Waals surface area contributed by atoms with Crippen LogP contribution in [0.3, 0.4) is 0 Å². The molecular formula is C12H14ClN5. The number of anilines is 1. The van der Waals surface area contributed by atoms with Gasteiger partial charge in [-0.15, -0.1) is 0 Å². The van der Waals surface area contributed by atoms with E-state index < -0.39 is 0 Å². The Labute approximate surface area is 110 Å². The highest BCUT2D eigenvalue weighted by molar-refractivity contribution is 6.30. The van der Waals surface area contributed by atoms with Gasteiger partial charge in [0.1, 0.15) is 5.15 Å². The van der Waals surface area contributed by atoms with Gasteiger partial charge in [0.2, 0.25) is 0 Å². The highest BCUT2D eigenvalue weighted by Gasteiger charge is 2.45. The standard InChI is InChI=1S/C12H14ClN5/c13-10-3-9-8(4-15-10)11(17-16-9)18-6-12(7-18)1-2-14-5-12/h3-4,14H,1-2,5-7H2,(H,16,17). The number of nitrogens with one attached hydrogen (secondary N) is 2. The van der Waals surface area contributed by atoms with Crippen molar-refractivity contribution in [3.05, 3.63) is 17.4 Å². The molecule has 94 valence electrons. The second-order valence-electron chi connectivity index (χ2n) is 5.38. The Bertz CT molecular complexity index is 594. The SMILES string of the molecule is Clc1cc2[nH]nc(N3CC4(CCNC4)C3)c2cn1. The normalized spacial score (nSPS) is 21.7. The van der Waals surface area contributed by atoms with E-state index in [9.17, 15) is 0 Å². The summed E-state index contributed by atoms with van der Waals surface area (Å²) in [7, 11) is 0. The number of aromatic amines is 1. The van der Waals surface area contributed by atoms with E-state index >= 15 is 0 Å². The van der Waals surface area contributed by atoms with Crippen molar-refractivity contribution in [1.82, 2.24) is 20.5 Å². The molecule has 2 aromatic rings. The van der Waals surface area contributed by atoms with Crippen molar-refractivity contribution < 1.29 is 0 Å². The number of pyridine rings is 1. The van der Waals surface area contributed by atoms with Crippen molar-refractivity contribution in [2.45, 2.75) is 6.42 Å². The minimum Gasteiger partial charge on any atom is -0.353 e. The molecule has 0 saturated carbocycles. The summed E-state index contributed by atoms with van der Waals surface area (Å²) in [6, 6.07) is 1.82. The topological polar surface area (TPSA) is 56.8 Å². The molecule has 2 aliphatic rings. The van der Waals surface area contributed by atoms with Crippen molar-refractivity contribution in [3.8, 4) is 0 Å². The molecule has 0 aliphatic carbocycles. The van der Waals surface area contributed by atoms with Crippen LogP contribution in [0.15, 0.2) is 12.3 Å². The third-order valence-electron chi connectivity index (χ3n) is 4.08. The van der Waals surface area contributed by atoms with E-state index in [0.29, 0.717) is 10.6 Å². The number of H-pyrrole nitrogens is 1. The van der Waals surface area contributed by atoms with Crippen molar-refractivity contribution in [2.24, 2.45) is 5.41 Å². The first kappa shape index (κ1) is 10.6. The molecule has 4 rings (SSSR count). The second-order valence-corrected chi connectivity index (χ2v) is 5.77. The van der Waals surface area contributed by atoms with Crippen LogP contribution >= 0.6 is 11.6 Å². The van der Waals surface area contributed by atoms with Crippen LogP contribution in [0.2, 0.25) is 5.15 Å². The van der Waals surface area contributed by atoms with Crippen molar-refractivity contribution in [3.63, 3.8) is 0 Å². The molecule has 0 amide bonds. The second kappa shape index (κ2) is 3.59. The van der Waals surface area contributed by atoms with E-state index in [0.717, 1.165) is 42.9 Å². The molecule has 0 bridgehead atoms. The zero-order valence-corrected chi connectivity index (χ0v) is 10.7. The molecule has 2 saturated heterocycles. The van der Waals surface area contributed by atoms with Crippen LogP contribution in [0.25, 0.3) is 10.9 Å². The molecule has 2 aromatic heterocycles. The first-order valence-corrected chi connectivity index (χ1v) is 6.59. The van der Waals surface area contributed by atoms with Gasteiger partial charge in [-0.2, -0.15) is 5.10 Å². The first-order chi connectivity index (χ1) is 8.76. The fraction of sp³-hybridized carbons (Fsp3) is 0.500. The van der Waals surface area contributed by atoms with Gasteiger partial charge in [0.15, 0.2) is 5.82 Å². The number of aromatic nitrogens is 3. The predicted molar refractivity (Wildman–Crippen MR) is 71.0 cm³/mol. The molecule has 6 heteroatoms. The monoisotopic (exact) mass is 263 g/mol. The highest BCUT2D eigenvalue weighted by Crippen LogP contribution is 2.40. The number of hydrogen-bond acceptors (Lipinski definition) is 4. The maximum atomic E-state index is 5.87. The Morgan fingerprint density at radius 1 is 1.39 bits per heavy atom. The maximum absolute atomic E-state index is 5.87. The number of fused-ring (bicyclic) bond motifs is 1. The maximum Gasteiger partial charge on any atom is 0.159 e. The number of nitrogens with zero attached hydrogens (tertiary/aromatic N) is 3. The minimum atomic E-state index is 0.477. The minimum absolute atomic E-state index is 0.477. The third kappa shape index (κ3) is 1.44. The Kier molecular flexibility index (Phi) is 2.11. The van der Waals surface area contributed by atoms with E-state index in [4.69, 9.17) is 11.6 Å². The summed E-state index contributed by atoms with van der Waals surface area (Å²) >= 11 is 5.87. The molecule has 2 aliphatic heterocycles. The summed E-state index contributed by atoms with van der Waals surface area (Å²) < 4.78 is 0. The smallest absolute Gasteiger partial charge is 0.159 e. The highest BCUT2D eigenvalue weighted by atomic mass is 35.5. The lowest BCUT2D eigenvalue weighted by Gasteiger charge is -2.48. The molecule has 1 spiro atoms. The largest absolute Gasteiger partial charge is 0.353 e. The van der Waals surface area contributed by atoms with E-state index in [1.54, 1.807) is 6.20 Å². The van der Waals surface area contributed by atoms with Gasteiger partial charge in [0, 0.05) is 37.3 Å². The number of hydrogen-bond donors (Lipinski definition) is 2. The summed E-state index contributed by atoms with van der Waals surface area (Å²) in [5, 5.41) is 12.4. The van der Waals surface area contributed by atoms with Crippen molar-refractivity contribution >= 4 is 28.3 Å². The molecule has 2 fully saturated rings. The predicted octanol–water partition coefficient (Wildman–Crippen LogP) is 1.41. The molecule has 0 unspecified atom stereocenters. The Morgan fingerprint density at radius 3 is 3.06 bits per heavy atom. The summed E-state index contributed by atoms with van der Waals surface area (Å²) in [4.78, 5) is 6.46. The van der Waals surface area contributed by atoms with Gasteiger partial charge in [0.25, 0.3) is 0 Å². The van der Waals surface area contributed by atoms with E-state index in [1.165, 1.54) is 6.42 Å². The van der Waals surface area contributed by atoms with Crippen LogP contribution in [0, 0.1) is 5.41 Å². The van der Waals surface area contributed by atoms with Crippen LogP contribution in [-0.4, -0.2) is 41.4 Å². The zero-order valence-electron chi connectivity index (χ0n) is 9.91. The number of rotatable bonds is 1. The van der Waals surface area contributed by atoms with Crippen LogP contribution in [0.4, 0.5) is 5.82 Å². The lowest BCUT2D eigenvalue weighted by atomic mass is 9.79. The molecule has 0 radical (unpaired) electrons. The van der Waals surface area contributed by atoms with Crippen molar-refractivity contribution in [2.75, 3.05) is 31.1 Å². The lowest BCUT2D eigenvalue weighted by molar-refractivity contribution is 0.242. The van der Waals surface area contributed by atoms with E-state index in [1.807, 2.05) is 6.07 Å². The average molecular weight is 264 g/mol. The lowest BCUT2D eigenvalue weighted by Crippen LogP contribution is -2.57. The first-order valence-electron chi connectivity index (χ1n) is 6.21. The fourth-order valence-electron chi connectivity index (χ4n) is 3.09. The van der Waals surface area contributed by atoms with Gasteiger partial charge in [-0.1, -0.05) is 11.6 Å². The van der Waals surface area contributed by atoms with Gasteiger partial charge in [-0.05, 0) is 13.0 Å². The third-order valence-corrected chi connectivity index (χ3v) is 4.28. The van der Waals surface area contributed by atoms with Gasteiger partial charge in [-0.25, -0.2) is 4.98 Å². The Morgan fingerprint density at radius 2 is 2.28 bits per heavy atom. The van der Waals surface area contributed by atoms with Crippen LogP contribution in [0.1, 0.15) is 6.42 Å².